The van der Waals surface area contributed by atoms with Gasteiger partial charge < -0.3 is 19.9 Å². The molecule has 0 aliphatic rings. The summed E-state index contributed by atoms with van der Waals surface area (Å²) in [5.41, 5.74) is 0.858. The van der Waals surface area contributed by atoms with Crippen molar-refractivity contribution >= 4 is 17.2 Å². The van der Waals surface area contributed by atoms with Crippen LogP contribution in [0.1, 0.15) is 27.7 Å². The van der Waals surface area contributed by atoms with Crippen molar-refractivity contribution < 1.29 is 19.4 Å². The Morgan fingerprint density at radius 3 is 2.64 bits per heavy atom. The molecule has 0 spiro atoms. The molecule has 2 rings (SSSR count). The minimum absolute atomic E-state index is 0.0241. The fraction of sp³-hybridized carbons (Fsp3) is 0.312. The van der Waals surface area contributed by atoms with Crippen molar-refractivity contribution in [2.24, 2.45) is 0 Å². The molecule has 5 nitrogen and oxygen atoms in total. The summed E-state index contributed by atoms with van der Waals surface area (Å²) < 4.78 is 10.5. The summed E-state index contributed by atoms with van der Waals surface area (Å²) >= 11 is 1.38. The SMILES string of the molecule is COc1ccc([C@@H](CCO)NC(=O)c2cccs2)cc1OC. The number of methoxy groups -OCH3 is 2. The molecule has 0 bridgehead atoms. The van der Waals surface area contributed by atoms with Crippen LogP contribution in [0.15, 0.2) is 35.7 Å². The van der Waals surface area contributed by atoms with Gasteiger partial charge in [0.05, 0.1) is 25.1 Å². The van der Waals surface area contributed by atoms with E-state index in [9.17, 15) is 9.90 Å². The summed E-state index contributed by atoms with van der Waals surface area (Å²) in [5, 5.41) is 14.1. The van der Waals surface area contributed by atoms with Crippen LogP contribution in [0, 0.1) is 0 Å². The molecule has 0 radical (unpaired) electrons. The zero-order valence-electron chi connectivity index (χ0n) is 12.5. The average molecular weight is 321 g/mol. The second kappa shape index (κ2) is 7.82. The van der Waals surface area contributed by atoms with Crippen molar-refractivity contribution in [3.8, 4) is 11.5 Å². The molecule has 0 aliphatic heterocycles. The van der Waals surface area contributed by atoms with E-state index in [1.165, 1.54) is 11.3 Å². The van der Waals surface area contributed by atoms with Crippen LogP contribution in [-0.2, 0) is 0 Å². The van der Waals surface area contributed by atoms with Crippen LogP contribution in [0.25, 0.3) is 0 Å². The Kier molecular flexibility index (Phi) is 5.80. The van der Waals surface area contributed by atoms with E-state index >= 15 is 0 Å². The number of thiophene rings is 1. The number of ether oxygens (including phenoxy) is 2. The third-order valence-corrected chi connectivity index (χ3v) is 4.15. The zero-order valence-corrected chi connectivity index (χ0v) is 13.4. The van der Waals surface area contributed by atoms with Gasteiger partial charge in [-0.05, 0) is 35.6 Å². The highest BCUT2D eigenvalue weighted by atomic mass is 32.1. The van der Waals surface area contributed by atoms with Crippen molar-refractivity contribution in [1.82, 2.24) is 5.32 Å². The molecule has 0 unspecified atom stereocenters. The van der Waals surface area contributed by atoms with Crippen molar-refractivity contribution in [3.63, 3.8) is 0 Å². The van der Waals surface area contributed by atoms with Crippen LogP contribution in [0.2, 0.25) is 0 Å². The molecule has 0 saturated carbocycles. The van der Waals surface area contributed by atoms with Crippen LogP contribution in [0.3, 0.4) is 0 Å². The van der Waals surface area contributed by atoms with E-state index in [0.717, 1.165) is 5.56 Å². The molecule has 1 aromatic heterocycles. The number of amides is 1. The summed E-state index contributed by atoms with van der Waals surface area (Å²) in [6.07, 6.45) is 0.423. The third kappa shape index (κ3) is 3.78. The summed E-state index contributed by atoms with van der Waals surface area (Å²) in [6, 6.07) is 8.77. The van der Waals surface area contributed by atoms with E-state index in [1.807, 2.05) is 23.6 Å². The van der Waals surface area contributed by atoms with Gasteiger partial charge in [0.25, 0.3) is 5.91 Å². The predicted molar refractivity (Wildman–Crippen MR) is 85.8 cm³/mol. The third-order valence-electron chi connectivity index (χ3n) is 3.28. The highest BCUT2D eigenvalue weighted by Crippen LogP contribution is 2.31. The van der Waals surface area contributed by atoms with Gasteiger partial charge in [0.1, 0.15) is 0 Å². The molecule has 1 amide bonds. The smallest absolute Gasteiger partial charge is 0.261 e. The zero-order chi connectivity index (χ0) is 15.9. The number of hydrogen-bond donors (Lipinski definition) is 2. The molecule has 0 saturated heterocycles. The topological polar surface area (TPSA) is 67.8 Å². The molecule has 1 heterocycles. The van der Waals surface area contributed by atoms with Crippen molar-refractivity contribution in [3.05, 3.63) is 46.2 Å². The van der Waals surface area contributed by atoms with Gasteiger partial charge in [-0.2, -0.15) is 0 Å². The first kappa shape index (κ1) is 16.3. The first-order valence-electron chi connectivity index (χ1n) is 6.86. The lowest BCUT2D eigenvalue weighted by molar-refractivity contribution is 0.0934. The highest BCUT2D eigenvalue weighted by Gasteiger charge is 2.18. The first-order valence-corrected chi connectivity index (χ1v) is 7.74. The monoisotopic (exact) mass is 321 g/mol. The van der Waals surface area contributed by atoms with Gasteiger partial charge in [0.15, 0.2) is 11.5 Å². The minimum Gasteiger partial charge on any atom is -0.493 e. The summed E-state index contributed by atoms with van der Waals surface area (Å²) in [7, 11) is 3.13. The van der Waals surface area contributed by atoms with Crippen molar-refractivity contribution in [1.29, 1.82) is 0 Å². The maximum Gasteiger partial charge on any atom is 0.261 e. The molecule has 118 valence electrons. The average Bonchev–Trinajstić information content (AvgIpc) is 3.08. The van der Waals surface area contributed by atoms with Gasteiger partial charge in [-0.25, -0.2) is 0 Å². The first-order chi connectivity index (χ1) is 10.7. The second-order valence-electron chi connectivity index (χ2n) is 4.63. The van der Waals surface area contributed by atoms with Crippen LogP contribution < -0.4 is 14.8 Å². The summed E-state index contributed by atoms with van der Waals surface area (Å²) in [4.78, 5) is 12.8. The number of aliphatic hydroxyl groups is 1. The Hall–Kier alpha value is -2.05. The molecule has 1 aromatic carbocycles. The molecular weight excluding hydrogens is 302 g/mol. The number of benzene rings is 1. The number of nitrogens with one attached hydrogen (secondary N) is 1. The largest absolute Gasteiger partial charge is 0.493 e. The number of carbonyl (C=O) groups is 1. The molecule has 22 heavy (non-hydrogen) atoms. The van der Waals surface area contributed by atoms with E-state index < -0.39 is 0 Å². The van der Waals surface area contributed by atoms with Gasteiger partial charge in [-0.15, -0.1) is 11.3 Å². The summed E-state index contributed by atoms with van der Waals surface area (Å²) in [6.45, 7) is -0.0241. The lowest BCUT2D eigenvalue weighted by Crippen LogP contribution is -2.28. The Labute approximate surface area is 133 Å². The van der Waals surface area contributed by atoms with Gasteiger partial charge in [0.2, 0.25) is 0 Å². The van der Waals surface area contributed by atoms with Gasteiger partial charge >= 0.3 is 0 Å². The second-order valence-corrected chi connectivity index (χ2v) is 5.58. The Morgan fingerprint density at radius 2 is 2.05 bits per heavy atom. The van der Waals surface area contributed by atoms with E-state index in [-0.39, 0.29) is 18.6 Å². The fourth-order valence-corrected chi connectivity index (χ4v) is 2.78. The van der Waals surface area contributed by atoms with E-state index in [4.69, 9.17) is 9.47 Å². The van der Waals surface area contributed by atoms with Crippen LogP contribution >= 0.6 is 11.3 Å². The molecular formula is C16H19NO4S. The van der Waals surface area contributed by atoms with Crippen molar-refractivity contribution in [2.45, 2.75) is 12.5 Å². The van der Waals surface area contributed by atoms with E-state index in [1.54, 1.807) is 26.4 Å². The number of carbonyl (C=O) groups excluding carboxylic acids is 1. The summed E-state index contributed by atoms with van der Waals surface area (Å²) in [5.74, 6) is 1.06. The fourth-order valence-electron chi connectivity index (χ4n) is 2.16. The van der Waals surface area contributed by atoms with Gasteiger partial charge in [0, 0.05) is 6.61 Å². The number of rotatable bonds is 7. The quantitative estimate of drug-likeness (QED) is 0.822. The minimum atomic E-state index is -0.292. The highest BCUT2D eigenvalue weighted by molar-refractivity contribution is 7.12. The van der Waals surface area contributed by atoms with Crippen LogP contribution in [0.5, 0.6) is 11.5 Å². The number of hydrogen-bond acceptors (Lipinski definition) is 5. The molecule has 2 aromatic rings. The van der Waals surface area contributed by atoms with Crippen LogP contribution in [-0.4, -0.2) is 31.8 Å². The van der Waals surface area contributed by atoms with Crippen molar-refractivity contribution in [2.75, 3.05) is 20.8 Å². The maximum atomic E-state index is 12.2. The molecule has 0 aliphatic carbocycles. The predicted octanol–water partition coefficient (Wildman–Crippen LogP) is 2.62. The van der Waals surface area contributed by atoms with Crippen LogP contribution in [0.4, 0.5) is 0 Å². The van der Waals surface area contributed by atoms with E-state index in [2.05, 4.69) is 5.32 Å². The van der Waals surface area contributed by atoms with Gasteiger partial charge in [-0.1, -0.05) is 12.1 Å². The molecule has 0 fully saturated rings. The normalized spacial score (nSPS) is 11.8. The lowest BCUT2D eigenvalue weighted by Gasteiger charge is -2.19. The maximum absolute atomic E-state index is 12.2. The number of aliphatic hydroxyl groups excluding tert-OH is 1. The Balaban J connectivity index is 2.22. The molecule has 1 atom stereocenters. The standard InChI is InChI=1S/C16H19NO4S/c1-20-13-6-5-11(10-14(13)21-2)12(7-8-18)17-16(19)15-4-3-9-22-15/h3-6,9-10,12,18H,7-8H2,1-2H3,(H,17,19)/t12-/m1/s1. The molecule has 2 N–H and O–H groups in total. The Bertz CT molecular complexity index is 613. The Morgan fingerprint density at radius 1 is 1.27 bits per heavy atom. The lowest BCUT2D eigenvalue weighted by atomic mass is 10.0. The van der Waals surface area contributed by atoms with E-state index in [0.29, 0.717) is 22.8 Å². The molecule has 6 heteroatoms. The van der Waals surface area contributed by atoms with Gasteiger partial charge in [-0.3, -0.25) is 4.79 Å².